The van der Waals surface area contributed by atoms with Crippen LogP contribution in [0.4, 0.5) is 5.69 Å². The number of nitrogens with zero attached hydrogens (tertiary/aromatic N) is 1. The number of methoxy groups -OCH3 is 1. The zero-order chi connectivity index (χ0) is 20.9. The van der Waals surface area contributed by atoms with E-state index in [-0.39, 0.29) is 41.7 Å². The summed E-state index contributed by atoms with van der Waals surface area (Å²) in [5.41, 5.74) is 0.180. The number of hydrogen-bond acceptors (Lipinski definition) is 7. The number of ether oxygens (including phenoxy) is 2. The molecule has 1 fully saturated rings. The van der Waals surface area contributed by atoms with Crippen LogP contribution in [0.3, 0.4) is 0 Å². The van der Waals surface area contributed by atoms with E-state index in [1.807, 2.05) is 0 Å². The smallest absolute Gasteiger partial charge is 0.287 e. The van der Waals surface area contributed by atoms with Crippen molar-refractivity contribution in [3.8, 4) is 5.75 Å². The Morgan fingerprint density at radius 1 is 1.21 bits per heavy atom. The van der Waals surface area contributed by atoms with E-state index < -0.39 is 21.8 Å². The third-order valence-electron chi connectivity index (χ3n) is 4.21. The van der Waals surface area contributed by atoms with Gasteiger partial charge in [0.1, 0.15) is 5.75 Å². The highest BCUT2D eigenvalue weighted by atomic mass is 32.2. The van der Waals surface area contributed by atoms with Crippen molar-refractivity contribution in [2.24, 2.45) is 0 Å². The summed E-state index contributed by atoms with van der Waals surface area (Å²) in [6.07, 6.45) is 1.35. The van der Waals surface area contributed by atoms with Crippen LogP contribution in [-0.2, 0) is 19.6 Å². The Hall–Kier alpha value is -2.89. The Labute approximate surface area is 167 Å². The Balaban J connectivity index is 1.71. The van der Waals surface area contributed by atoms with E-state index in [4.69, 9.17) is 13.9 Å². The first-order valence-corrected chi connectivity index (χ1v) is 10.2. The van der Waals surface area contributed by atoms with Gasteiger partial charge >= 0.3 is 0 Å². The van der Waals surface area contributed by atoms with Crippen LogP contribution < -0.4 is 15.4 Å². The second-order valence-electron chi connectivity index (χ2n) is 6.09. The minimum absolute atomic E-state index is 0.0233. The number of amides is 2. The van der Waals surface area contributed by atoms with E-state index in [1.165, 1.54) is 41.9 Å². The van der Waals surface area contributed by atoms with Gasteiger partial charge < -0.3 is 24.5 Å². The monoisotopic (exact) mass is 423 g/mol. The first kappa shape index (κ1) is 20.8. The molecule has 0 unspecified atom stereocenters. The highest BCUT2D eigenvalue weighted by molar-refractivity contribution is 7.89. The zero-order valence-electron chi connectivity index (χ0n) is 15.7. The number of anilines is 1. The highest BCUT2D eigenvalue weighted by Crippen LogP contribution is 2.29. The molecule has 3 rings (SSSR count). The molecule has 1 saturated heterocycles. The van der Waals surface area contributed by atoms with Crippen molar-refractivity contribution < 1.29 is 31.9 Å². The van der Waals surface area contributed by atoms with E-state index in [0.717, 1.165) is 0 Å². The van der Waals surface area contributed by atoms with Crippen LogP contribution in [0.2, 0.25) is 0 Å². The molecular weight excluding hydrogens is 402 g/mol. The van der Waals surface area contributed by atoms with Gasteiger partial charge in [0.25, 0.3) is 5.91 Å². The van der Waals surface area contributed by atoms with Gasteiger partial charge in [-0.25, -0.2) is 8.42 Å². The predicted octanol–water partition coefficient (Wildman–Crippen LogP) is 0.678. The van der Waals surface area contributed by atoms with Gasteiger partial charge in [-0.2, -0.15) is 4.31 Å². The molecule has 2 N–H and O–H groups in total. The number of morpholine rings is 1. The van der Waals surface area contributed by atoms with Crippen molar-refractivity contribution in [3.63, 3.8) is 0 Å². The molecular formula is C18H21N3O7S. The number of nitrogens with one attached hydrogen (secondary N) is 2. The van der Waals surface area contributed by atoms with Crippen LogP contribution in [0.15, 0.2) is 45.9 Å². The van der Waals surface area contributed by atoms with Crippen molar-refractivity contribution in [2.75, 3.05) is 45.3 Å². The van der Waals surface area contributed by atoms with Crippen molar-refractivity contribution >= 4 is 27.5 Å². The minimum atomic E-state index is -3.74. The second-order valence-corrected chi connectivity index (χ2v) is 8.02. The van der Waals surface area contributed by atoms with Crippen LogP contribution in [-0.4, -0.2) is 64.5 Å². The van der Waals surface area contributed by atoms with Crippen LogP contribution in [0.25, 0.3) is 0 Å². The van der Waals surface area contributed by atoms with E-state index in [9.17, 15) is 18.0 Å². The molecule has 11 heteroatoms. The van der Waals surface area contributed by atoms with Gasteiger partial charge in [-0.1, -0.05) is 0 Å². The molecule has 1 aliphatic rings. The Morgan fingerprint density at radius 3 is 2.62 bits per heavy atom. The van der Waals surface area contributed by atoms with Crippen LogP contribution in [0.1, 0.15) is 10.6 Å². The van der Waals surface area contributed by atoms with Crippen LogP contribution in [0.5, 0.6) is 5.75 Å². The van der Waals surface area contributed by atoms with Crippen LogP contribution >= 0.6 is 0 Å². The average molecular weight is 423 g/mol. The molecule has 1 aliphatic heterocycles. The average Bonchev–Trinajstić information content (AvgIpc) is 3.27. The molecule has 2 amide bonds. The second kappa shape index (κ2) is 9.07. The molecule has 2 aromatic rings. The molecule has 0 radical (unpaired) electrons. The SMILES string of the molecule is COc1ccc(S(=O)(=O)N2CCOCC2)cc1NC(=O)CNC(=O)c1ccco1. The van der Waals surface area contributed by atoms with Crippen LogP contribution in [0, 0.1) is 0 Å². The lowest BCUT2D eigenvalue weighted by Crippen LogP contribution is -2.40. The molecule has 0 spiro atoms. The Kier molecular flexibility index (Phi) is 6.52. The Bertz CT molecular complexity index is 967. The lowest BCUT2D eigenvalue weighted by Gasteiger charge is -2.26. The van der Waals surface area contributed by atoms with Crippen molar-refractivity contribution in [3.05, 3.63) is 42.4 Å². The topological polar surface area (TPSA) is 127 Å². The quantitative estimate of drug-likeness (QED) is 0.670. The van der Waals surface area contributed by atoms with Gasteiger partial charge in [0.05, 0.1) is 43.7 Å². The number of benzene rings is 1. The number of furan rings is 1. The maximum absolute atomic E-state index is 12.8. The summed E-state index contributed by atoms with van der Waals surface area (Å²) in [7, 11) is -2.33. The van der Waals surface area contributed by atoms with E-state index in [2.05, 4.69) is 10.6 Å². The molecule has 0 atom stereocenters. The minimum Gasteiger partial charge on any atom is -0.495 e. The summed E-state index contributed by atoms with van der Waals surface area (Å²) in [5.74, 6) is -0.726. The first-order valence-electron chi connectivity index (χ1n) is 8.79. The molecule has 1 aromatic heterocycles. The maximum atomic E-state index is 12.8. The summed E-state index contributed by atoms with van der Waals surface area (Å²) in [4.78, 5) is 24.1. The number of hydrogen-bond donors (Lipinski definition) is 2. The fourth-order valence-corrected chi connectivity index (χ4v) is 4.17. The third-order valence-corrected chi connectivity index (χ3v) is 6.10. The predicted molar refractivity (Wildman–Crippen MR) is 102 cm³/mol. The zero-order valence-corrected chi connectivity index (χ0v) is 16.5. The van der Waals surface area contributed by atoms with Gasteiger partial charge in [0.15, 0.2) is 5.76 Å². The fourth-order valence-electron chi connectivity index (χ4n) is 2.73. The maximum Gasteiger partial charge on any atom is 0.287 e. The van der Waals surface area contributed by atoms with Gasteiger partial charge in [-0.15, -0.1) is 0 Å². The Morgan fingerprint density at radius 2 is 1.97 bits per heavy atom. The summed E-state index contributed by atoms with van der Waals surface area (Å²) in [5, 5.41) is 4.97. The standard InChI is InChI=1S/C18H21N3O7S/c1-26-15-5-4-13(29(24,25)21-6-9-27-10-7-21)11-14(15)20-17(22)12-19-18(23)16-3-2-8-28-16/h2-5,8,11H,6-7,9-10,12H2,1H3,(H,19,23)(H,20,22). The van der Waals surface area contributed by atoms with Gasteiger partial charge in [0, 0.05) is 13.1 Å². The molecule has 0 saturated carbocycles. The van der Waals surface area contributed by atoms with E-state index >= 15 is 0 Å². The van der Waals surface area contributed by atoms with E-state index in [0.29, 0.717) is 13.2 Å². The number of carbonyl (C=O) groups excluding carboxylic acids is 2. The molecule has 1 aromatic carbocycles. The lowest BCUT2D eigenvalue weighted by molar-refractivity contribution is -0.115. The van der Waals surface area contributed by atoms with Crippen molar-refractivity contribution in [1.29, 1.82) is 0 Å². The third kappa shape index (κ3) is 4.94. The molecule has 0 aliphatic carbocycles. The fraction of sp³-hybridized carbons (Fsp3) is 0.333. The van der Waals surface area contributed by atoms with Gasteiger partial charge in [-0.05, 0) is 30.3 Å². The van der Waals surface area contributed by atoms with E-state index in [1.54, 1.807) is 6.07 Å². The molecule has 156 valence electrons. The number of rotatable bonds is 7. The molecule has 2 heterocycles. The number of sulfonamides is 1. The molecule has 29 heavy (non-hydrogen) atoms. The normalized spacial score (nSPS) is 14.9. The lowest BCUT2D eigenvalue weighted by atomic mass is 10.3. The van der Waals surface area contributed by atoms with Gasteiger partial charge in [-0.3, -0.25) is 9.59 Å². The summed E-state index contributed by atoms with van der Waals surface area (Å²) >= 11 is 0. The van der Waals surface area contributed by atoms with Gasteiger partial charge in [0.2, 0.25) is 15.9 Å². The number of carbonyl (C=O) groups is 2. The molecule has 10 nitrogen and oxygen atoms in total. The molecule has 0 bridgehead atoms. The van der Waals surface area contributed by atoms with Crippen molar-refractivity contribution in [1.82, 2.24) is 9.62 Å². The largest absolute Gasteiger partial charge is 0.495 e. The summed E-state index contributed by atoms with van der Waals surface area (Å²) in [6.45, 7) is 0.843. The summed E-state index contributed by atoms with van der Waals surface area (Å²) < 4.78 is 42.3. The first-order chi connectivity index (χ1) is 13.9. The summed E-state index contributed by atoms with van der Waals surface area (Å²) in [6, 6.07) is 7.23. The highest BCUT2D eigenvalue weighted by Gasteiger charge is 2.27. The van der Waals surface area contributed by atoms with Crippen molar-refractivity contribution in [2.45, 2.75) is 4.90 Å².